The third-order valence-electron chi connectivity index (χ3n) is 2.66. The Bertz CT molecular complexity index is 577. The second-order valence-corrected chi connectivity index (χ2v) is 6.10. The zero-order valence-electron chi connectivity index (χ0n) is 9.62. The average Bonchev–Trinajstić information content (AvgIpc) is 2.37. The number of aliphatic carboxylic acids is 1. The van der Waals surface area contributed by atoms with Crippen molar-refractivity contribution in [2.24, 2.45) is 0 Å². The van der Waals surface area contributed by atoms with Crippen LogP contribution in [0.25, 0.3) is 0 Å². The highest BCUT2D eigenvalue weighted by atomic mass is 32.2. The molecule has 0 aromatic heterocycles. The Balaban J connectivity index is 2.43. The van der Waals surface area contributed by atoms with Crippen molar-refractivity contribution in [3.05, 3.63) is 18.2 Å². The molecule has 1 aliphatic heterocycles. The molecule has 2 rings (SSSR count). The monoisotopic (exact) mass is 272 g/mol. The normalized spacial score (nSPS) is 16.1. The van der Waals surface area contributed by atoms with Gasteiger partial charge in [0.15, 0.2) is 26.6 Å². The van der Waals surface area contributed by atoms with Crippen LogP contribution in [0.1, 0.15) is 6.92 Å². The molecule has 1 aromatic carbocycles. The Kier molecular flexibility index (Phi) is 3.16. The lowest BCUT2D eigenvalue weighted by Crippen LogP contribution is -2.27. The summed E-state index contributed by atoms with van der Waals surface area (Å²) in [7, 11) is -3.91. The van der Waals surface area contributed by atoms with Gasteiger partial charge in [0.2, 0.25) is 0 Å². The van der Waals surface area contributed by atoms with Crippen LogP contribution in [0.4, 0.5) is 0 Å². The molecular formula is C11H12O6S. The fourth-order valence-electron chi connectivity index (χ4n) is 1.54. The molecule has 0 aliphatic carbocycles. The molecule has 1 aliphatic rings. The van der Waals surface area contributed by atoms with Crippen molar-refractivity contribution in [1.29, 1.82) is 0 Å². The third-order valence-corrected chi connectivity index (χ3v) is 4.70. The van der Waals surface area contributed by atoms with Crippen LogP contribution < -0.4 is 9.47 Å². The number of benzene rings is 1. The highest BCUT2D eigenvalue weighted by Gasteiger charge is 2.30. The minimum absolute atomic E-state index is 0.0818. The van der Waals surface area contributed by atoms with Crippen molar-refractivity contribution < 1.29 is 27.8 Å². The van der Waals surface area contributed by atoms with Gasteiger partial charge in [-0.05, 0) is 19.1 Å². The molecule has 0 spiro atoms. The number of carboxylic acids is 1. The van der Waals surface area contributed by atoms with Crippen LogP contribution in [0.2, 0.25) is 0 Å². The van der Waals surface area contributed by atoms with Gasteiger partial charge in [-0.1, -0.05) is 0 Å². The zero-order valence-corrected chi connectivity index (χ0v) is 10.4. The maximum Gasteiger partial charge on any atom is 0.321 e. The quantitative estimate of drug-likeness (QED) is 0.871. The van der Waals surface area contributed by atoms with Gasteiger partial charge in [0, 0.05) is 6.07 Å². The first-order valence-corrected chi connectivity index (χ1v) is 6.84. The van der Waals surface area contributed by atoms with E-state index in [4.69, 9.17) is 14.6 Å². The second kappa shape index (κ2) is 4.49. The van der Waals surface area contributed by atoms with Gasteiger partial charge in [0.1, 0.15) is 13.2 Å². The van der Waals surface area contributed by atoms with E-state index in [2.05, 4.69) is 0 Å². The molecule has 98 valence electrons. The fourth-order valence-corrected chi connectivity index (χ4v) is 2.74. The van der Waals surface area contributed by atoms with E-state index in [1.165, 1.54) is 18.2 Å². The van der Waals surface area contributed by atoms with Crippen molar-refractivity contribution in [3.8, 4) is 11.5 Å². The summed E-state index contributed by atoms with van der Waals surface area (Å²) >= 11 is 0. The van der Waals surface area contributed by atoms with E-state index in [-0.39, 0.29) is 4.90 Å². The van der Waals surface area contributed by atoms with Crippen LogP contribution >= 0.6 is 0 Å². The predicted octanol–water partition coefficient (Wildman–Crippen LogP) is 0.705. The van der Waals surface area contributed by atoms with E-state index in [0.29, 0.717) is 24.7 Å². The summed E-state index contributed by atoms with van der Waals surface area (Å²) in [4.78, 5) is 10.7. The van der Waals surface area contributed by atoms with Crippen molar-refractivity contribution in [2.75, 3.05) is 13.2 Å². The number of hydrogen-bond acceptors (Lipinski definition) is 5. The standard InChI is InChI=1S/C11H12O6S/c1-7(11(12)13)18(14,15)8-2-3-9-10(6-8)17-5-4-16-9/h2-3,6-7H,4-5H2,1H3,(H,12,13). The first kappa shape index (κ1) is 12.7. The molecule has 1 aromatic rings. The van der Waals surface area contributed by atoms with Gasteiger partial charge < -0.3 is 14.6 Å². The Morgan fingerprint density at radius 1 is 1.28 bits per heavy atom. The number of carboxylic acid groups (broad SMARTS) is 1. The van der Waals surface area contributed by atoms with E-state index in [1.807, 2.05) is 0 Å². The molecule has 0 amide bonds. The molecule has 1 atom stereocenters. The van der Waals surface area contributed by atoms with E-state index >= 15 is 0 Å². The molecule has 1 N–H and O–H groups in total. The van der Waals surface area contributed by atoms with Crippen LogP contribution in [0.5, 0.6) is 11.5 Å². The molecular weight excluding hydrogens is 260 g/mol. The highest BCUT2D eigenvalue weighted by molar-refractivity contribution is 7.92. The van der Waals surface area contributed by atoms with E-state index in [1.54, 1.807) is 0 Å². The van der Waals surface area contributed by atoms with Gasteiger partial charge in [0.05, 0.1) is 4.90 Å². The summed E-state index contributed by atoms with van der Waals surface area (Å²) in [6, 6.07) is 4.08. The molecule has 0 fully saturated rings. The molecule has 0 radical (unpaired) electrons. The van der Waals surface area contributed by atoms with Crippen molar-refractivity contribution in [2.45, 2.75) is 17.1 Å². The Labute approximate surface area is 104 Å². The average molecular weight is 272 g/mol. The van der Waals surface area contributed by atoms with Crippen LogP contribution in [0.3, 0.4) is 0 Å². The molecule has 7 heteroatoms. The summed E-state index contributed by atoms with van der Waals surface area (Å²) in [5, 5.41) is 7.28. The topological polar surface area (TPSA) is 89.9 Å². The van der Waals surface area contributed by atoms with Gasteiger partial charge >= 0.3 is 5.97 Å². The lowest BCUT2D eigenvalue weighted by Gasteiger charge is -2.19. The highest BCUT2D eigenvalue weighted by Crippen LogP contribution is 2.33. The van der Waals surface area contributed by atoms with Crippen LogP contribution in [0.15, 0.2) is 23.1 Å². The summed E-state index contributed by atoms with van der Waals surface area (Å²) in [5.41, 5.74) is 0. The minimum atomic E-state index is -3.91. The van der Waals surface area contributed by atoms with Crippen LogP contribution in [-0.4, -0.2) is 38.0 Å². The van der Waals surface area contributed by atoms with Crippen molar-refractivity contribution in [1.82, 2.24) is 0 Å². The SMILES string of the molecule is CC(C(=O)O)S(=O)(=O)c1ccc2c(c1)OCCO2. The van der Waals surface area contributed by atoms with Gasteiger partial charge in [-0.3, -0.25) is 4.79 Å². The first-order valence-electron chi connectivity index (χ1n) is 5.29. The van der Waals surface area contributed by atoms with Gasteiger partial charge in [-0.2, -0.15) is 0 Å². The van der Waals surface area contributed by atoms with Crippen LogP contribution in [0, 0.1) is 0 Å². The third kappa shape index (κ3) is 2.13. The number of fused-ring (bicyclic) bond motifs is 1. The van der Waals surface area contributed by atoms with Crippen LogP contribution in [-0.2, 0) is 14.6 Å². The van der Waals surface area contributed by atoms with Crippen molar-refractivity contribution >= 4 is 15.8 Å². The van der Waals surface area contributed by atoms with Gasteiger partial charge in [0.25, 0.3) is 0 Å². The maximum absolute atomic E-state index is 12.0. The number of carbonyl (C=O) groups is 1. The summed E-state index contributed by atoms with van der Waals surface area (Å²) < 4.78 is 34.5. The smallest absolute Gasteiger partial charge is 0.321 e. The van der Waals surface area contributed by atoms with E-state index in [0.717, 1.165) is 6.92 Å². The molecule has 18 heavy (non-hydrogen) atoms. The summed E-state index contributed by atoms with van der Waals surface area (Å²) in [6.07, 6.45) is 0. The molecule has 0 saturated carbocycles. The second-order valence-electron chi connectivity index (χ2n) is 3.83. The Morgan fingerprint density at radius 3 is 2.50 bits per heavy atom. The molecule has 6 nitrogen and oxygen atoms in total. The van der Waals surface area contributed by atoms with E-state index in [9.17, 15) is 13.2 Å². The van der Waals surface area contributed by atoms with Crippen molar-refractivity contribution in [3.63, 3.8) is 0 Å². The van der Waals surface area contributed by atoms with Gasteiger partial charge in [-0.25, -0.2) is 8.42 Å². The Morgan fingerprint density at radius 2 is 1.89 bits per heavy atom. The summed E-state index contributed by atoms with van der Waals surface area (Å²) in [6.45, 7) is 1.88. The number of hydrogen-bond donors (Lipinski definition) is 1. The minimum Gasteiger partial charge on any atom is -0.486 e. The van der Waals surface area contributed by atoms with Gasteiger partial charge in [-0.15, -0.1) is 0 Å². The Hall–Kier alpha value is -1.76. The maximum atomic E-state index is 12.0. The predicted molar refractivity (Wildman–Crippen MR) is 61.7 cm³/mol. The molecule has 1 heterocycles. The zero-order chi connectivity index (χ0) is 13.3. The summed E-state index contributed by atoms with van der Waals surface area (Å²) in [5.74, 6) is -0.604. The lowest BCUT2D eigenvalue weighted by atomic mass is 10.3. The van der Waals surface area contributed by atoms with E-state index < -0.39 is 21.1 Å². The number of sulfone groups is 1. The molecule has 1 unspecified atom stereocenters. The number of ether oxygens (including phenoxy) is 2. The largest absolute Gasteiger partial charge is 0.486 e. The lowest BCUT2D eigenvalue weighted by molar-refractivity contribution is -0.136. The fraction of sp³-hybridized carbons (Fsp3) is 0.364. The number of rotatable bonds is 3. The molecule has 0 bridgehead atoms. The molecule has 0 saturated heterocycles. The first-order chi connectivity index (χ1) is 8.43.